The van der Waals surface area contributed by atoms with Gasteiger partial charge in [-0.3, -0.25) is 9.48 Å². The van der Waals surface area contributed by atoms with E-state index in [1.54, 1.807) is 10.9 Å². The lowest BCUT2D eigenvalue weighted by molar-refractivity contribution is -0.118. The SMILES string of the molecule is NC(=O)CCn1cc(Nc2ncc(Cl)c(NCc3cccc(F)c3F)n2)cn1. The summed E-state index contributed by atoms with van der Waals surface area (Å²) in [7, 11) is 0. The summed E-state index contributed by atoms with van der Waals surface area (Å²) in [6.07, 6.45) is 4.74. The molecule has 0 spiro atoms. The van der Waals surface area contributed by atoms with Gasteiger partial charge in [-0.05, 0) is 6.07 Å². The Labute approximate surface area is 163 Å². The normalized spacial score (nSPS) is 10.7. The number of rotatable bonds is 8. The minimum Gasteiger partial charge on any atom is -0.370 e. The number of primary amides is 1. The van der Waals surface area contributed by atoms with Crippen molar-refractivity contribution in [3.63, 3.8) is 0 Å². The number of nitrogens with zero attached hydrogens (tertiary/aromatic N) is 4. The molecule has 0 aliphatic heterocycles. The molecular weight excluding hydrogens is 392 g/mol. The summed E-state index contributed by atoms with van der Waals surface area (Å²) in [6.45, 7) is 0.343. The molecule has 0 atom stereocenters. The van der Waals surface area contributed by atoms with Gasteiger partial charge in [-0.15, -0.1) is 0 Å². The van der Waals surface area contributed by atoms with Crippen LogP contribution in [0.25, 0.3) is 0 Å². The fourth-order valence-corrected chi connectivity index (χ4v) is 2.48. The van der Waals surface area contributed by atoms with Crippen LogP contribution in [-0.4, -0.2) is 25.7 Å². The number of anilines is 3. The first-order chi connectivity index (χ1) is 13.4. The van der Waals surface area contributed by atoms with E-state index < -0.39 is 17.5 Å². The average Bonchev–Trinajstić information content (AvgIpc) is 3.11. The van der Waals surface area contributed by atoms with Crippen molar-refractivity contribution in [2.24, 2.45) is 5.73 Å². The summed E-state index contributed by atoms with van der Waals surface area (Å²) in [5, 5.41) is 10.1. The average molecular weight is 408 g/mol. The molecular formula is C17H16ClF2N7O. The van der Waals surface area contributed by atoms with Crippen molar-refractivity contribution in [3.8, 4) is 0 Å². The minimum absolute atomic E-state index is 0.00911. The summed E-state index contributed by atoms with van der Waals surface area (Å²) < 4.78 is 28.6. The highest BCUT2D eigenvalue weighted by Gasteiger charge is 2.10. The Balaban J connectivity index is 1.67. The smallest absolute Gasteiger partial charge is 0.229 e. The van der Waals surface area contributed by atoms with E-state index in [0.717, 1.165) is 6.07 Å². The van der Waals surface area contributed by atoms with Crippen LogP contribution in [0.15, 0.2) is 36.8 Å². The number of amides is 1. The van der Waals surface area contributed by atoms with Gasteiger partial charge in [-0.2, -0.15) is 10.1 Å². The molecule has 0 aliphatic carbocycles. The van der Waals surface area contributed by atoms with Gasteiger partial charge in [0.05, 0.1) is 18.1 Å². The summed E-state index contributed by atoms with van der Waals surface area (Å²) in [6, 6.07) is 3.92. The number of carbonyl (C=O) groups is 1. The van der Waals surface area contributed by atoms with E-state index in [1.165, 1.54) is 24.5 Å². The van der Waals surface area contributed by atoms with Gasteiger partial charge in [0.25, 0.3) is 0 Å². The van der Waals surface area contributed by atoms with Crippen molar-refractivity contribution in [3.05, 3.63) is 59.0 Å². The van der Waals surface area contributed by atoms with Gasteiger partial charge in [-0.25, -0.2) is 13.8 Å². The van der Waals surface area contributed by atoms with E-state index in [4.69, 9.17) is 17.3 Å². The number of aryl methyl sites for hydroxylation is 1. The van der Waals surface area contributed by atoms with Crippen molar-refractivity contribution < 1.29 is 13.6 Å². The molecule has 28 heavy (non-hydrogen) atoms. The first-order valence-electron chi connectivity index (χ1n) is 8.19. The zero-order valence-corrected chi connectivity index (χ0v) is 15.2. The van der Waals surface area contributed by atoms with Gasteiger partial charge >= 0.3 is 0 Å². The molecule has 8 nitrogen and oxygen atoms in total. The molecule has 3 rings (SSSR count). The molecule has 0 bridgehead atoms. The van der Waals surface area contributed by atoms with Gasteiger partial charge in [0.1, 0.15) is 5.02 Å². The fraction of sp³-hybridized carbons (Fsp3) is 0.176. The van der Waals surface area contributed by atoms with Crippen LogP contribution in [0.5, 0.6) is 0 Å². The quantitative estimate of drug-likeness (QED) is 0.529. The molecule has 11 heteroatoms. The van der Waals surface area contributed by atoms with Crippen molar-refractivity contribution >= 4 is 35.0 Å². The van der Waals surface area contributed by atoms with E-state index in [-0.39, 0.29) is 35.3 Å². The predicted octanol–water partition coefficient (Wildman–Crippen LogP) is 2.84. The Kier molecular flexibility index (Phi) is 5.99. The summed E-state index contributed by atoms with van der Waals surface area (Å²) in [5.41, 5.74) is 5.84. The number of carbonyl (C=O) groups excluding carboxylic acids is 1. The molecule has 0 unspecified atom stereocenters. The van der Waals surface area contributed by atoms with Gasteiger partial charge < -0.3 is 16.4 Å². The lowest BCUT2D eigenvalue weighted by Gasteiger charge is -2.10. The molecule has 1 aromatic carbocycles. The third-order valence-electron chi connectivity index (χ3n) is 3.70. The zero-order chi connectivity index (χ0) is 20.1. The van der Waals surface area contributed by atoms with Gasteiger partial charge in [0.15, 0.2) is 17.5 Å². The maximum Gasteiger partial charge on any atom is 0.229 e. The highest BCUT2D eigenvalue weighted by molar-refractivity contribution is 6.32. The molecule has 1 amide bonds. The summed E-state index contributed by atoms with van der Waals surface area (Å²) in [4.78, 5) is 19.1. The maximum absolute atomic E-state index is 13.8. The van der Waals surface area contributed by atoms with Crippen LogP contribution in [-0.2, 0) is 17.9 Å². The summed E-state index contributed by atoms with van der Waals surface area (Å²) in [5.74, 6) is -1.80. The highest BCUT2D eigenvalue weighted by Crippen LogP contribution is 2.22. The van der Waals surface area contributed by atoms with Crippen LogP contribution in [0, 0.1) is 11.6 Å². The number of aromatic nitrogens is 4. The van der Waals surface area contributed by atoms with E-state index >= 15 is 0 Å². The summed E-state index contributed by atoms with van der Waals surface area (Å²) >= 11 is 6.07. The predicted molar refractivity (Wildman–Crippen MR) is 100 cm³/mol. The third-order valence-corrected chi connectivity index (χ3v) is 3.98. The number of benzene rings is 1. The molecule has 146 valence electrons. The monoisotopic (exact) mass is 407 g/mol. The van der Waals surface area contributed by atoms with Crippen LogP contribution in [0.1, 0.15) is 12.0 Å². The van der Waals surface area contributed by atoms with Gasteiger partial charge in [-0.1, -0.05) is 23.7 Å². The van der Waals surface area contributed by atoms with Crippen molar-refractivity contribution in [2.75, 3.05) is 10.6 Å². The molecule has 0 fully saturated rings. The third kappa shape index (κ3) is 4.92. The van der Waals surface area contributed by atoms with Crippen LogP contribution in [0.4, 0.5) is 26.2 Å². The lowest BCUT2D eigenvalue weighted by Crippen LogP contribution is -2.14. The van der Waals surface area contributed by atoms with Crippen molar-refractivity contribution in [1.29, 1.82) is 0 Å². The first-order valence-corrected chi connectivity index (χ1v) is 8.57. The second kappa shape index (κ2) is 8.61. The zero-order valence-electron chi connectivity index (χ0n) is 14.5. The molecule has 0 radical (unpaired) electrons. The Bertz CT molecular complexity index is 995. The number of halogens is 3. The number of hydrogen-bond acceptors (Lipinski definition) is 6. The van der Waals surface area contributed by atoms with Gasteiger partial charge in [0, 0.05) is 31.3 Å². The van der Waals surface area contributed by atoms with E-state index in [2.05, 4.69) is 25.7 Å². The second-order valence-corrected chi connectivity index (χ2v) is 6.20. The molecule has 3 aromatic rings. The van der Waals surface area contributed by atoms with Crippen molar-refractivity contribution in [1.82, 2.24) is 19.7 Å². The number of nitrogens with two attached hydrogens (primary N) is 1. The highest BCUT2D eigenvalue weighted by atomic mass is 35.5. The Morgan fingerprint density at radius 3 is 2.89 bits per heavy atom. The van der Waals surface area contributed by atoms with Crippen LogP contribution >= 0.6 is 11.6 Å². The number of nitrogens with one attached hydrogen (secondary N) is 2. The lowest BCUT2D eigenvalue weighted by atomic mass is 10.2. The van der Waals surface area contributed by atoms with Gasteiger partial charge in [0.2, 0.25) is 11.9 Å². The van der Waals surface area contributed by atoms with Crippen LogP contribution in [0.2, 0.25) is 5.02 Å². The minimum atomic E-state index is -0.929. The van der Waals surface area contributed by atoms with E-state index in [9.17, 15) is 13.6 Å². The molecule has 0 aliphatic rings. The Hall–Kier alpha value is -3.27. The molecule has 4 N–H and O–H groups in total. The van der Waals surface area contributed by atoms with Crippen LogP contribution in [0.3, 0.4) is 0 Å². The molecule has 0 saturated heterocycles. The Morgan fingerprint density at radius 1 is 1.29 bits per heavy atom. The second-order valence-electron chi connectivity index (χ2n) is 5.79. The standard InChI is InChI=1S/C17H16ClF2N7O/c18-12-8-23-17(25-11-7-24-27(9-11)5-4-14(21)28)26-16(12)22-6-10-2-1-3-13(19)15(10)20/h1-3,7-9H,4-6H2,(H2,21,28)(H2,22,23,25,26). The van der Waals surface area contributed by atoms with Crippen molar-refractivity contribution in [2.45, 2.75) is 19.5 Å². The van der Waals surface area contributed by atoms with E-state index in [0.29, 0.717) is 12.2 Å². The maximum atomic E-state index is 13.8. The molecule has 2 heterocycles. The molecule has 0 saturated carbocycles. The van der Waals surface area contributed by atoms with E-state index in [1.807, 2.05) is 0 Å². The molecule has 2 aromatic heterocycles. The first kappa shape index (κ1) is 19.5. The van der Waals surface area contributed by atoms with Crippen LogP contribution < -0.4 is 16.4 Å². The number of hydrogen-bond donors (Lipinski definition) is 3. The fourth-order valence-electron chi connectivity index (χ4n) is 2.32. The topological polar surface area (TPSA) is 111 Å². The largest absolute Gasteiger partial charge is 0.370 e. The Morgan fingerprint density at radius 2 is 2.11 bits per heavy atom.